The number of carbonyl (C=O) groups is 2. The molecule has 0 radical (unpaired) electrons. The number of morpholine rings is 1. The molecule has 0 aliphatic carbocycles. The van der Waals surface area contributed by atoms with Crippen molar-refractivity contribution >= 4 is 28.4 Å². The highest BCUT2D eigenvalue weighted by atomic mass is 16.5. The topological polar surface area (TPSA) is 65.1 Å². The zero-order valence-electron chi connectivity index (χ0n) is 16.1. The molecule has 0 amide bonds. The zero-order valence-corrected chi connectivity index (χ0v) is 16.1. The Labute approximate surface area is 168 Å². The maximum absolute atomic E-state index is 12.7. The van der Waals surface area contributed by atoms with Crippen LogP contribution < -0.4 is 9.64 Å². The lowest BCUT2D eigenvalue weighted by Crippen LogP contribution is -2.36. The monoisotopic (exact) mass is 391 g/mol. The number of hydrogen-bond donors (Lipinski definition) is 0. The summed E-state index contributed by atoms with van der Waals surface area (Å²) in [5.41, 5.74) is 1.65. The van der Waals surface area contributed by atoms with Crippen LogP contribution in [-0.4, -0.2) is 45.4 Å². The van der Waals surface area contributed by atoms with Gasteiger partial charge in [0.1, 0.15) is 11.3 Å². The van der Waals surface area contributed by atoms with E-state index in [2.05, 4.69) is 4.90 Å². The summed E-state index contributed by atoms with van der Waals surface area (Å²) >= 11 is 0. The second-order valence-electron chi connectivity index (χ2n) is 6.72. The Kier molecular flexibility index (Phi) is 5.44. The van der Waals surface area contributed by atoms with Crippen LogP contribution in [0.15, 0.2) is 60.7 Å². The Bertz CT molecular complexity index is 1040. The predicted octanol–water partition coefficient (Wildman–Crippen LogP) is 3.68. The number of hydrogen-bond acceptors (Lipinski definition) is 6. The Morgan fingerprint density at radius 1 is 0.897 bits per heavy atom. The number of anilines is 1. The first-order valence-corrected chi connectivity index (χ1v) is 9.42. The highest BCUT2D eigenvalue weighted by Crippen LogP contribution is 2.28. The van der Waals surface area contributed by atoms with E-state index in [9.17, 15) is 9.59 Å². The molecule has 1 aliphatic rings. The maximum atomic E-state index is 12.7. The van der Waals surface area contributed by atoms with Gasteiger partial charge in [0, 0.05) is 18.8 Å². The molecule has 3 aromatic carbocycles. The second kappa shape index (κ2) is 8.32. The normalized spacial score (nSPS) is 13.9. The van der Waals surface area contributed by atoms with E-state index in [1.165, 1.54) is 7.11 Å². The van der Waals surface area contributed by atoms with E-state index in [1.807, 2.05) is 36.4 Å². The third kappa shape index (κ3) is 4.07. The fourth-order valence-electron chi connectivity index (χ4n) is 3.36. The van der Waals surface area contributed by atoms with E-state index < -0.39 is 11.9 Å². The van der Waals surface area contributed by atoms with E-state index in [-0.39, 0.29) is 11.3 Å². The molecule has 148 valence electrons. The summed E-state index contributed by atoms with van der Waals surface area (Å²) in [4.78, 5) is 27.1. The van der Waals surface area contributed by atoms with Gasteiger partial charge in [-0.05, 0) is 47.2 Å². The Balaban J connectivity index is 1.58. The molecule has 1 fully saturated rings. The summed E-state index contributed by atoms with van der Waals surface area (Å²) in [6.07, 6.45) is 0. The summed E-state index contributed by atoms with van der Waals surface area (Å²) in [6, 6.07) is 18.1. The van der Waals surface area contributed by atoms with Crippen LogP contribution in [0, 0.1) is 0 Å². The van der Waals surface area contributed by atoms with Gasteiger partial charge in [-0.1, -0.05) is 24.3 Å². The van der Waals surface area contributed by atoms with Gasteiger partial charge in [0.25, 0.3) is 0 Å². The molecule has 0 atom stereocenters. The van der Waals surface area contributed by atoms with Crippen molar-refractivity contribution < 1.29 is 23.8 Å². The van der Waals surface area contributed by atoms with Gasteiger partial charge in [0.2, 0.25) is 0 Å². The fraction of sp³-hybridized carbons (Fsp3) is 0.217. The number of esters is 2. The number of methoxy groups -OCH3 is 1. The van der Waals surface area contributed by atoms with Gasteiger partial charge in [-0.25, -0.2) is 9.59 Å². The highest BCUT2D eigenvalue weighted by molar-refractivity contribution is 6.00. The van der Waals surface area contributed by atoms with Crippen molar-refractivity contribution in [3.05, 3.63) is 71.8 Å². The first-order valence-electron chi connectivity index (χ1n) is 9.42. The molecule has 3 aromatic rings. The summed E-state index contributed by atoms with van der Waals surface area (Å²) in [6.45, 7) is 3.04. The Hall–Kier alpha value is -3.38. The Morgan fingerprint density at radius 2 is 1.55 bits per heavy atom. The van der Waals surface area contributed by atoms with Crippen LogP contribution >= 0.6 is 0 Å². The minimum absolute atomic E-state index is 0.179. The van der Waals surface area contributed by atoms with Gasteiger partial charge >= 0.3 is 11.9 Å². The number of fused-ring (bicyclic) bond motifs is 1. The summed E-state index contributed by atoms with van der Waals surface area (Å²) in [7, 11) is 1.30. The third-order valence-electron chi connectivity index (χ3n) is 4.94. The lowest BCUT2D eigenvalue weighted by Gasteiger charge is -2.28. The summed E-state index contributed by atoms with van der Waals surface area (Å²) in [5.74, 6) is -0.905. The molecule has 1 saturated heterocycles. The molecule has 0 bridgehead atoms. The molecule has 4 rings (SSSR count). The van der Waals surface area contributed by atoms with Gasteiger partial charge in [0.05, 0.1) is 25.9 Å². The molecule has 1 heterocycles. The molecule has 0 unspecified atom stereocenters. The van der Waals surface area contributed by atoms with E-state index in [1.54, 1.807) is 24.3 Å². The van der Waals surface area contributed by atoms with Crippen molar-refractivity contribution in [3.63, 3.8) is 0 Å². The molecule has 0 aromatic heterocycles. The fourth-order valence-corrected chi connectivity index (χ4v) is 3.36. The van der Waals surface area contributed by atoms with Crippen LogP contribution in [-0.2, 0) is 9.47 Å². The van der Waals surface area contributed by atoms with Crippen LogP contribution in [0.1, 0.15) is 20.7 Å². The zero-order chi connectivity index (χ0) is 20.2. The van der Waals surface area contributed by atoms with Gasteiger partial charge < -0.3 is 19.1 Å². The van der Waals surface area contributed by atoms with Gasteiger partial charge in [-0.3, -0.25) is 0 Å². The van der Waals surface area contributed by atoms with Crippen molar-refractivity contribution in [1.29, 1.82) is 0 Å². The average Bonchev–Trinajstić information content (AvgIpc) is 2.78. The highest BCUT2D eigenvalue weighted by Gasteiger charge is 2.19. The Morgan fingerprint density at radius 3 is 2.21 bits per heavy atom. The van der Waals surface area contributed by atoms with E-state index >= 15 is 0 Å². The lowest BCUT2D eigenvalue weighted by atomic mass is 10.1. The quantitative estimate of drug-likeness (QED) is 0.499. The number of nitrogens with zero attached hydrogens (tertiary/aromatic N) is 1. The molecule has 6 heteroatoms. The van der Waals surface area contributed by atoms with Crippen LogP contribution in [0.2, 0.25) is 0 Å². The van der Waals surface area contributed by atoms with E-state index in [0.717, 1.165) is 29.5 Å². The van der Waals surface area contributed by atoms with Crippen molar-refractivity contribution in [2.75, 3.05) is 38.3 Å². The standard InChI is InChI=1S/C23H21NO5/c1-27-23(26)20-14-17-4-2-3-5-18(17)15-21(20)29-22(25)16-6-8-19(9-7-16)24-10-12-28-13-11-24/h2-9,14-15H,10-13H2,1H3. The van der Waals surface area contributed by atoms with Crippen LogP contribution in [0.25, 0.3) is 10.8 Å². The van der Waals surface area contributed by atoms with Crippen molar-refractivity contribution in [2.24, 2.45) is 0 Å². The van der Waals surface area contributed by atoms with Crippen LogP contribution in [0.5, 0.6) is 5.75 Å². The van der Waals surface area contributed by atoms with Crippen molar-refractivity contribution in [3.8, 4) is 5.75 Å². The van der Waals surface area contributed by atoms with E-state index in [0.29, 0.717) is 18.8 Å². The van der Waals surface area contributed by atoms with Gasteiger partial charge in [-0.15, -0.1) is 0 Å². The average molecular weight is 391 g/mol. The first kappa shape index (κ1) is 19.0. The second-order valence-corrected chi connectivity index (χ2v) is 6.72. The minimum Gasteiger partial charge on any atom is -0.465 e. The SMILES string of the molecule is COC(=O)c1cc2ccccc2cc1OC(=O)c1ccc(N2CCOCC2)cc1. The lowest BCUT2D eigenvalue weighted by molar-refractivity contribution is 0.0593. The molecular weight excluding hydrogens is 370 g/mol. The molecule has 0 spiro atoms. The molecule has 6 nitrogen and oxygen atoms in total. The van der Waals surface area contributed by atoms with E-state index in [4.69, 9.17) is 14.2 Å². The number of carbonyl (C=O) groups excluding carboxylic acids is 2. The number of benzene rings is 3. The summed E-state index contributed by atoms with van der Waals surface area (Å²) < 4.78 is 15.8. The molecule has 1 aliphatic heterocycles. The smallest absolute Gasteiger partial charge is 0.343 e. The van der Waals surface area contributed by atoms with Crippen molar-refractivity contribution in [1.82, 2.24) is 0 Å². The largest absolute Gasteiger partial charge is 0.465 e. The summed E-state index contributed by atoms with van der Waals surface area (Å²) in [5, 5.41) is 1.73. The molecular formula is C23H21NO5. The van der Waals surface area contributed by atoms with Gasteiger partial charge in [0.15, 0.2) is 0 Å². The van der Waals surface area contributed by atoms with Crippen LogP contribution in [0.3, 0.4) is 0 Å². The van der Waals surface area contributed by atoms with Crippen molar-refractivity contribution in [2.45, 2.75) is 0 Å². The maximum Gasteiger partial charge on any atom is 0.343 e. The molecule has 0 saturated carbocycles. The molecule has 0 N–H and O–H groups in total. The third-order valence-corrected chi connectivity index (χ3v) is 4.94. The predicted molar refractivity (Wildman–Crippen MR) is 110 cm³/mol. The van der Waals surface area contributed by atoms with Gasteiger partial charge in [-0.2, -0.15) is 0 Å². The minimum atomic E-state index is -0.554. The van der Waals surface area contributed by atoms with Crippen LogP contribution in [0.4, 0.5) is 5.69 Å². The number of ether oxygens (including phenoxy) is 3. The molecule has 29 heavy (non-hydrogen) atoms. The first-order chi connectivity index (χ1) is 14.2. The number of rotatable bonds is 4.